The number of amides is 1. The average molecular weight is 290 g/mol. The largest absolute Gasteiger partial charge is 0.416 e. The Hall–Kier alpha value is -1.60. The quantitative estimate of drug-likeness (QED) is 0.897. The molecule has 1 aromatic carbocycles. The number of hydrogen-bond acceptors (Lipinski definition) is 3. The van der Waals surface area contributed by atoms with E-state index in [0.717, 1.165) is 11.0 Å². The van der Waals surface area contributed by atoms with Crippen LogP contribution in [0.3, 0.4) is 0 Å². The van der Waals surface area contributed by atoms with Gasteiger partial charge in [-0.1, -0.05) is 18.2 Å². The van der Waals surface area contributed by atoms with Gasteiger partial charge in [-0.25, -0.2) is 0 Å². The van der Waals surface area contributed by atoms with Crippen LogP contribution in [0.25, 0.3) is 0 Å². The number of hydrogen-bond donors (Lipinski definition) is 1. The second kappa shape index (κ2) is 6.71. The molecule has 0 radical (unpaired) electrons. The Morgan fingerprint density at radius 1 is 1.40 bits per heavy atom. The first-order chi connectivity index (χ1) is 9.27. The molecule has 0 aliphatic heterocycles. The van der Waals surface area contributed by atoms with Gasteiger partial charge in [-0.15, -0.1) is 0 Å². The molecule has 0 aliphatic carbocycles. The van der Waals surface area contributed by atoms with Crippen molar-refractivity contribution in [2.24, 2.45) is 5.73 Å². The van der Waals surface area contributed by atoms with Crippen LogP contribution in [0.2, 0.25) is 0 Å². The van der Waals surface area contributed by atoms with Crippen molar-refractivity contribution in [1.29, 1.82) is 0 Å². The summed E-state index contributed by atoms with van der Waals surface area (Å²) in [6.45, 7) is -0.143. The van der Waals surface area contributed by atoms with Gasteiger partial charge in [-0.3, -0.25) is 4.79 Å². The molecule has 1 amide bonds. The Morgan fingerprint density at radius 2 is 2.00 bits per heavy atom. The van der Waals surface area contributed by atoms with Gasteiger partial charge >= 0.3 is 6.18 Å². The fraction of sp³-hybridized carbons (Fsp3) is 0.462. The van der Waals surface area contributed by atoms with Gasteiger partial charge in [0.05, 0.1) is 12.2 Å². The number of carbonyl (C=O) groups is 1. The van der Waals surface area contributed by atoms with E-state index in [1.54, 1.807) is 0 Å². The summed E-state index contributed by atoms with van der Waals surface area (Å²) in [5.74, 6) is -0.469. The first kappa shape index (κ1) is 16.5. The number of likely N-dealkylation sites (N-methyl/N-ethyl adjacent to an activating group) is 1. The summed E-state index contributed by atoms with van der Waals surface area (Å²) < 4.78 is 43.2. The predicted molar refractivity (Wildman–Crippen MR) is 67.8 cm³/mol. The Morgan fingerprint density at radius 3 is 2.55 bits per heavy atom. The molecule has 0 bridgehead atoms. The summed E-state index contributed by atoms with van der Waals surface area (Å²) in [7, 11) is 2.80. The third-order valence-corrected chi connectivity index (χ3v) is 2.77. The number of ether oxygens (including phenoxy) is 1. The highest BCUT2D eigenvalue weighted by Crippen LogP contribution is 2.32. The zero-order chi connectivity index (χ0) is 15.3. The van der Waals surface area contributed by atoms with E-state index in [9.17, 15) is 18.0 Å². The van der Waals surface area contributed by atoms with E-state index >= 15 is 0 Å². The smallest absolute Gasteiger partial charge is 0.383 e. The van der Waals surface area contributed by atoms with E-state index < -0.39 is 23.7 Å². The van der Waals surface area contributed by atoms with Crippen LogP contribution < -0.4 is 5.73 Å². The molecule has 0 fully saturated rings. The Bertz CT molecular complexity index is 463. The molecule has 0 aliphatic rings. The molecule has 112 valence electrons. The Kier molecular flexibility index (Phi) is 5.52. The van der Waals surface area contributed by atoms with Crippen molar-refractivity contribution in [3.63, 3.8) is 0 Å². The zero-order valence-electron chi connectivity index (χ0n) is 11.3. The maximum atomic E-state index is 12.8. The third-order valence-electron chi connectivity index (χ3n) is 2.77. The SMILES string of the molecule is COCC(N)C(=O)N(C)Cc1ccccc1C(F)(F)F. The van der Waals surface area contributed by atoms with Crippen molar-refractivity contribution < 1.29 is 22.7 Å². The van der Waals surface area contributed by atoms with Crippen molar-refractivity contribution in [3.05, 3.63) is 35.4 Å². The highest BCUT2D eigenvalue weighted by molar-refractivity contribution is 5.81. The van der Waals surface area contributed by atoms with Crippen molar-refractivity contribution in [2.45, 2.75) is 18.8 Å². The number of carbonyl (C=O) groups excluding carboxylic acids is 1. The number of nitrogens with two attached hydrogens (primary N) is 1. The van der Waals surface area contributed by atoms with Gasteiger partial charge in [0.25, 0.3) is 0 Å². The molecule has 0 aromatic heterocycles. The van der Waals surface area contributed by atoms with Gasteiger partial charge in [0, 0.05) is 20.7 Å². The molecule has 1 unspecified atom stereocenters. The van der Waals surface area contributed by atoms with E-state index in [2.05, 4.69) is 0 Å². The number of alkyl halides is 3. The van der Waals surface area contributed by atoms with Crippen LogP contribution in [0, 0.1) is 0 Å². The topological polar surface area (TPSA) is 55.6 Å². The predicted octanol–water partition coefficient (Wildman–Crippen LogP) is 1.64. The van der Waals surface area contributed by atoms with Gasteiger partial charge in [0.15, 0.2) is 0 Å². The molecule has 0 saturated heterocycles. The lowest BCUT2D eigenvalue weighted by atomic mass is 10.1. The Labute approximate surface area is 115 Å². The number of nitrogens with zero attached hydrogens (tertiary/aromatic N) is 1. The lowest BCUT2D eigenvalue weighted by Gasteiger charge is -2.22. The fourth-order valence-electron chi connectivity index (χ4n) is 1.80. The Balaban J connectivity index is 2.86. The van der Waals surface area contributed by atoms with E-state index in [4.69, 9.17) is 10.5 Å². The standard InChI is InChI=1S/C13H17F3N2O2/c1-18(12(19)11(17)8-20-2)7-9-5-3-4-6-10(9)13(14,15)16/h3-6,11H,7-8,17H2,1-2H3. The molecule has 2 N–H and O–H groups in total. The summed E-state index contributed by atoms with van der Waals surface area (Å²) in [4.78, 5) is 13.0. The first-order valence-corrected chi connectivity index (χ1v) is 5.92. The molecule has 1 aromatic rings. The van der Waals surface area contributed by atoms with Crippen LogP contribution in [-0.4, -0.2) is 37.6 Å². The van der Waals surface area contributed by atoms with Crippen molar-refractivity contribution >= 4 is 5.91 Å². The number of benzene rings is 1. The second-order valence-corrected chi connectivity index (χ2v) is 4.41. The number of rotatable bonds is 5. The maximum absolute atomic E-state index is 12.8. The molecule has 0 spiro atoms. The minimum absolute atomic E-state index is 0.0179. The van der Waals surface area contributed by atoms with Gasteiger partial charge in [-0.2, -0.15) is 13.2 Å². The number of halogens is 3. The normalized spacial score (nSPS) is 13.1. The van der Waals surface area contributed by atoms with Gasteiger partial charge in [0.2, 0.25) is 5.91 Å². The zero-order valence-corrected chi connectivity index (χ0v) is 11.3. The molecule has 0 saturated carbocycles. The van der Waals surface area contributed by atoms with Crippen molar-refractivity contribution in [2.75, 3.05) is 20.8 Å². The highest BCUT2D eigenvalue weighted by Gasteiger charge is 2.33. The molecule has 4 nitrogen and oxygen atoms in total. The molecule has 1 atom stereocenters. The van der Waals surface area contributed by atoms with Crippen LogP contribution in [0.5, 0.6) is 0 Å². The van der Waals surface area contributed by atoms with Crippen molar-refractivity contribution in [1.82, 2.24) is 4.90 Å². The molecular weight excluding hydrogens is 273 g/mol. The molecule has 20 heavy (non-hydrogen) atoms. The average Bonchev–Trinajstić information content (AvgIpc) is 2.37. The van der Waals surface area contributed by atoms with Gasteiger partial charge in [0.1, 0.15) is 6.04 Å². The first-order valence-electron chi connectivity index (χ1n) is 5.92. The summed E-state index contributed by atoms with van der Waals surface area (Å²) in [6.07, 6.45) is -4.45. The third kappa shape index (κ3) is 4.21. The lowest BCUT2D eigenvalue weighted by Crippen LogP contribution is -2.44. The molecule has 7 heteroatoms. The summed E-state index contributed by atoms with van der Waals surface area (Å²) in [6, 6.07) is 4.25. The summed E-state index contributed by atoms with van der Waals surface area (Å²) in [5, 5.41) is 0. The molecule has 1 rings (SSSR count). The minimum Gasteiger partial charge on any atom is -0.383 e. The monoisotopic (exact) mass is 290 g/mol. The van der Waals surface area contributed by atoms with Crippen LogP contribution in [-0.2, 0) is 22.3 Å². The minimum atomic E-state index is -4.45. The van der Waals surface area contributed by atoms with E-state index in [-0.39, 0.29) is 18.7 Å². The van der Waals surface area contributed by atoms with E-state index in [0.29, 0.717) is 0 Å². The lowest BCUT2D eigenvalue weighted by molar-refractivity contribution is -0.140. The second-order valence-electron chi connectivity index (χ2n) is 4.41. The summed E-state index contributed by atoms with van der Waals surface area (Å²) >= 11 is 0. The van der Waals surface area contributed by atoms with Gasteiger partial charge < -0.3 is 15.4 Å². The fourth-order valence-corrected chi connectivity index (χ4v) is 1.80. The van der Waals surface area contributed by atoms with Crippen LogP contribution in [0.15, 0.2) is 24.3 Å². The molecule has 0 heterocycles. The number of methoxy groups -OCH3 is 1. The van der Waals surface area contributed by atoms with E-state index in [1.807, 2.05) is 0 Å². The van der Waals surface area contributed by atoms with Crippen molar-refractivity contribution in [3.8, 4) is 0 Å². The van der Waals surface area contributed by atoms with E-state index in [1.165, 1.54) is 32.4 Å². The molecular formula is C13H17F3N2O2. The van der Waals surface area contributed by atoms with Gasteiger partial charge in [-0.05, 0) is 11.6 Å². The maximum Gasteiger partial charge on any atom is 0.416 e. The van der Waals surface area contributed by atoms with Crippen LogP contribution in [0.4, 0.5) is 13.2 Å². The van der Waals surface area contributed by atoms with Crippen LogP contribution in [0.1, 0.15) is 11.1 Å². The summed E-state index contributed by atoms with van der Waals surface area (Å²) in [5.41, 5.74) is 4.85. The highest BCUT2D eigenvalue weighted by atomic mass is 19.4. The van der Waals surface area contributed by atoms with Crippen LogP contribution >= 0.6 is 0 Å².